The topological polar surface area (TPSA) is 86.4 Å². The predicted molar refractivity (Wildman–Crippen MR) is 139 cm³/mol. The Bertz CT molecular complexity index is 1290. The number of urea groups is 2. The average molecular weight is 492 g/mol. The summed E-state index contributed by atoms with van der Waals surface area (Å²) in [5.74, 6) is 0. The summed E-state index contributed by atoms with van der Waals surface area (Å²) < 4.78 is 0. The lowest BCUT2D eigenvalue weighted by Crippen LogP contribution is -2.50. The first-order chi connectivity index (χ1) is 16.4. The van der Waals surface area contributed by atoms with Crippen molar-refractivity contribution < 1.29 is 9.59 Å². The quantitative estimate of drug-likeness (QED) is 0.273. The van der Waals surface area contributed by atoms with Gasteiger partial charge in [0.15, 0.2) is 0 Å². The van der Waals surface area contributed by atoms with Crippen LogP contribution in [0.15, 0.2) is 78.2 Å². The highest BCUT2D eigenvalue weighted by Gasteiger charge is 2.22. The molecule has 172 valence electrons. The number of halogens is 1. The summed E-state index contributed by atoms with van der Waals surface area (Å²) in [6.45, 7) is 3.97. The minimum Gasteiger partial charge on any atom is -0.307 e. The number of anilines is 3. The predicted octanol–water partition coefficient (Wildman–Crippen LogP) is 6.86. The molecule has 0 unspecified atom stereocenters. The fraction of sp³-hybridized carbons (Fsp3) is 0.0800. The maximum Gasteiger partial charge on any atom is 0.347 e. The van der Waals surface area contributed by atoms with Crippen molar-refractivity contribution in [2.75, 3.05) is 15.6 Å². The molecular formula is C25H22ClN5O2S. The summed E-state index contributed by atoms with van der Waals surface area (Å²) in [4.78, 5) is 30.4. The van der Waals surface area contributed by atoms with E-state index in [0.717, 1.165) is 21.7 Å². The van der Waals surface area contributed by atoms with Crippen molar-refractivity contribution in [1.29, 1.82) is 0 Å². The number of aryl methyl sites for hydroxylation is 2. The number of hydrogen-bond acceptors (Lipinski definition) is 4. The SMILES string of the molecule is Cc1ccc(NC(=O)N(NC(=O)Nc2ccc(Cl)cc2)c2nc(-c3ccc(C)cc3)cs2)cc1. The molecule has 4 amide bonds. The Balaban J connectivity index is 1.57. The van der Waals surface area contributed by atoms with Gasteiger partial charge >= 0.3 is 12.1 Å². The van der Waals surface area contributed by atoms with E-state index in [2.05, 4.69) is 21.0 Å². The number of benzene rings is 3. The highest BCUT2D eigenvalue weighted by Crippen LogP contribution is 2.27. The third-order valence-corrected chi connectivity index (χ3v) is 5.93. The zero-order valence-corrected chi connectivity index (χ0v) is 20.1. The highest BCUT2D eigenvalue weighted by molar-refractivity contribution is 7.14. The number of rotatable bonds is 4. The van der Waals surface area contributed by atoms with Gasteiger partial charge in [-0.05, 0) is 50.2 Å². The molecule has 1 aromatic heterocycles. The van der Waals surface area contributed by atoms with Crippen LogP contribution in [-0.4, -0.2) is 17.0 Å². The lowest BCUT2D eigenvalue weighted by Gasteiger charge is -2.21. The van der Waals surface area contributed by atoms with E-state index in [1.807, 2.05) is 55.6 Å². The van der Waals surface area contributed by atoms with Crippen LogP contribution in [0.1, 0.15) is 11.1 Å². The first-order valence-corrected chi connectivity index (χ1v) is 11.7. The van der Waals surface area contributed by atoms with E-state index < -0.39 is 12.1 Å². The van der Waals surface area contributed by atoms with Gasteiger partial charge in [-0.3, -0.25) is 0 Å². The second-order valence-corrected chi connectivity index (χ2v) is 8.86. The number of amides is 4. The number of hydrogen-bond donors (Lipinski definition) is 3. The maximum absolute atomic E-state index is 13.1. The zero-order chi connectivity index (χ0) is 24.1. The van der Waals surface area contributed by atoms with E-state index in [1.165, 1.54) is 11.3 Å². The summed E-state index contributed by atoms with van der Waals surface area (Å²) in [6, 6.07) is 20.8. The molecule has 34 heavy (non-hydrogen) atoms. The van der Waals surface area contributed by atoms with Crippen LogP contribution in [0.2, 0.25) is 5.02 Å². The molecule has 3 aromatic carbocycles. The number of carbonyl (C=O) groups is 2. The Labute approximate surface area is 206 Å². The van der Waals surface area contributed by atoms with Crippen LogP contribution in [0.25, 0.3) is 11.3 Å². The van der Waals surface area contributed by atoms with Crippen LogP contribution in [0.3, 0.4) is 0 Å². The molecule has 0 saturated carbocycles. The summed E-state index contributed by atoms with van der Waals surface area (Å²) in [5.41, 5.74) is 7.53. The third-order valence-electron chi connectivity index (χ3n) is 4.85. The minimum absolute atomic E-state index is 0.312. The lowest BCUT2D eigenvalue weighted by molar-refractivity contribution is 0.243. The monoisotopic (exact) mass is 491 g/mol. The molecule has 0 fully saturated rings. The number of nitrogens with one attached hydrogen (secondary N) is 3. The van der Waals surface area contributed by atoms with Gasteiger partial charge in [0.05, 0.1) is 5.69 Å². The van der Waals surface area contributed by atoms with Crippen molar-refractivity contribution in [2.45, 2.75) is 13.8 Å². The highest BCUT2D eigenvalue weighted by atomic mass is 35.5. The van der Waals surface area contributed by atoms with Gasteiger partial charge in [0.1, 0.15) is 0 Å². The third kappa shape index (κ3) is 5.92. The van der Waals surface area contributed by atoms with Gasteiger partial charge in [-0.15, -0.1) is 11.3 Å². The Morgan fingerprint density at radius 1 is 0.824 bits per heavy atom. The standard InChI is InChI=1S/C25H22ClN5O2S/c1-16-3-7-18(8-4-16)22-15-34-25(29-22)31(24(33)28-21-11-5-17(2)6-12-21)30-23(32)27-20-13-9-19(26)10-14-20/h3-15H,1-2H3,(H,28,33)(H2,27,30,32). The van der Waals surface area contributed by atoms with Gasteiger partial charge < -0.3 is 10.6 Å². The van der Waals surface area contributed by atoms with Crippen LogP contribution in [0, 0.1) is 13.8 Å². The van der Waals surface area contributed by atoms with Gasteiger partial charge in [0.2, 0.25) is 5.13 Å². The minimum atomic E-state index is -0.603. The number of hydrazine groups is 1. The first-order valence-electron chi connectivity index (χ1n) is 10.4. The molecule has 0 bridgehead atoms. The van der Waals surface area contributed by atoms with Crippen molar-refractivity contribution in [3.63, 3.8) is 0 Å². The second-order valence-electron chi connectivity index (χ2n) is 7.59. The van der Waals surface area contributed by atoms with Crippen molar-refractivity contribution in [3.8, 4) is 11.3 Å². The molecule has 0 aliphatic heterocycles. The van der Waals surface area contributed by atoms with Crippen molar-refractivity contribution in [1.82, 2.24) is 10.4 Å². The number of thiazole rings is 1. The van der Waals surface area contributed by atoms with Gasteiger partial charge in [-0.1, -0.05) is 59.1 Å². The Hall–Kier alpha value is -3.88. The molecule has 3 N–H and O–H groups in total. The fourth-order valence-electron chi connectivity index (χ4n) is 3.02. The lowest BCUT2D eigenvalue weighted by atomic mass is 10.1. The number of nitrogens with zero attached hydrogens (tertiary/aromatic N) is 2. The molecule has 0 spiro atoms. The van der Waals surface area contributed by atoms with Gasteiger partial charge in [-0.2, -0.15) is 5.01 Å². The molecule has 1 heterocycles. The molecule has 9 heteroatoms. The molecule has 0 aliphatic carbocycles. The van der Waals surface area contributed by atoms with Crippen molar-refractivity contribution in [2.24, 2.45) is 0 Å². The van der Waals surface area contributed by atoms with E-state index >= 15 is 0 Å². The summed E-state index contributed by atoms with van der Waals surface area (Å²) >= 11 is 7.15. The van der Waals surface area contributed by atoms with Crippen LogP contribution < -0.4 is 21.1 Å². The summed E-state index contributed by atoms with van der Waals surface area (Å²) in [7, 11) is 0. The van der Waals surface area contributed by atoms with Crippen LogP contribution in [0.4, 0.5) is 26.1 Å². The summed E-state index contributed by atoms with van der Waals surface area (Å²) in [6.07, 6.45) is 0. The largest absolute Gasteiger partial charge is 0.347 e. The number of carbonyl (C=O) groups excluding carboxylic acids is 2. The molecule has 0 atom stereocenters. The van der Waals surface area contributed by atoms with Crippen LogP contribution in [0.5, 0.6) is 0 Å². The Kier molecular flexibility index (Phi) is 7.10. The van der Waals surface area contributed by atoms with Crippen molar-refractivity contribution >= 4 is 51.5 Å². The molecule has 4 aromatic rings. The molecule has 0 aliphatic rings. The van der Waals surface area contributed by atoms with Crippen molar-refractivity contribution in [3.05, 3.63) is 94.3 Å². The zero-order valence-electron chi connectivity index (χ0n) is 18.5. The smallest absolute Gasteiger partial charge is 0.307 e. The van der Waals surface area contributed by atoms with Gasteiger partial charge in [0.25, 0.3) is 0 Å². The molecule has 0 radical (unpaired) electrons. The molecular weight excluding hydrogens is 470 g/mol. The molecule has 4 rings (SSSR count). The second kappa shape index (κ2) is 10.4. The van der Waals surface area contributed by atoms with E-state index in [-0.39, 0.29) is 0 Å². The molecule has 0 saturated heterocycles. The fourth-order valence-corrected chi connectivity index (χ4v) is 3.94. The van der Waals surface area contributed by atoms with E-state index in [0.29, 0.717) is 27.2 Å². The number of aromatic nitrogens is 1. The normalized spacial score (nSPS) is 10.4. The first kappa shape index (κ1) is 23.3. The van der Waals surface area contributed by atoms with Crippen LogP contribution >= 0.6 is 22.9 Å². The van der Waals surface area contributed by atoms with E-state index in [4.69, 9.17) is 11.6 Å². The Morgan fingerprint density at radius 2 is 1.38 bits per heavy atom. The van der Waals surface area contributed by atoms with E-state index in [9.17, 15) is 9.59 Å². The maximum atomic E-state index is 13.1. The average Bonchev–Trinajstić information content (AvgIpc) is 3.31. The Morgan fingerprint density at radius 3 is 2.03 bits per heavy atom. The summed E-state index contributed by atoms with van der Waals surface area (Å²) in [5, 5.41) is 9.27. The van der Waals surface area contributed by atoms with Crippen LogP contribution in [-0.2, 0) is 0 Å². The van der Waals surface area contributed by atoms with Gasteiger partial charge in [0, 0.05) is 27.3 Å². The van der Waals surface area contributed by atoms with Gasteiger partial charge in [-0.25, -0.2) is 20.0 Å². The van der Waals surface area contributed by atoms with E-state index in [1.54, 1.807) is 36.4 Å². The molecule has 7 nitrogen and oxygen atoms in total.